The molecular weight excluding hydrogens is 332 g/mol. The summed E-state index contributed by atoms with van der Waals surface area (Å²) < 4.78 is 5.09. The van der Waals surface area contributed by atoms with E-state index < -0.39 is 5.54 Å². The van der Waals surface area contributed by atoms with Crippen molar-refractivity contribution in [3.63, 3.8) is 0 Å². The minimum Gasteiger partial charge on any atom is -0.340 e. The first-order chi connectivity index (χ1) is 12.5. The van der Waals surface area contributed by atoms with Crippen molar-refractivity contribution in [3.05, 3.63) is 41.0 Å². The second kappa shape index (κ2) is 6.23. The van der Waals surface area contributed by atoms with Gasteiger partial charge in [0.25, 0.3) is 5.91 Å². The number of anilines is 1. The summed E-state index contributed by atoms with van der Waals surface area (Å²) >= 11 is 0. The van der Waals surface area contributed by atoms with Gasteiger partial charge in [0, 0.05) is 31.1 Å². The van der Waals surface area contributed by atoms with Crippen molar-refractivity contribution in [2.45, 2.75) is 51.5 Å². The molecule has 26 heavy (non-hydrogen) atoms. The van der Waals surface area contributed by atoms with E-state index in [2.05, 4.69) is 15.5 Å². The Morgan fingerprint density at radius 2 is 2.15 bits per heavy atom. The van der Waals surface area contributed by atoms with Gasteiger partial charge in [-0.05, 0) is 49.4 Å². The van der Waals surface area contributed by atoms with Crippen LogP contribution in [0.25, 0.3) is 0 Å². The van der Waals surface area contributed by atoms with E-state index in [9.17, 15) is 9.59 Å². The molecular formula is C19H22N4O3. The first-order valence-corrected chi connectivity index (χ1v) is 9.09. The van der Waals surface area contributed by atoms with Gasteiger partial charge in [0.05, 0.1) is 0 Å². The number of nitrogens with one attached hydrogen (secondary N) is 1. The van der Waals surface area contributed by atoms with E-state index >= 15 is 0 Å². The number of carbonyl (C=O) groups is 2. The number of aryl methyl sites for hydroxylation is 1. The van der Waals surface area contributed by atoms with Gasteiger partial charge in [0.2, 0.25) is 11.8 Å². The third-order valence-corrected chi connectivity index (χ3v) is 5.36. The molecule has 1 N–H and O–H groups in total. The van der Waals surface area contributed by atoms with Gasteiger partial charge in [-0.3, -0.25) is 9.59 Å². The molecule has 0 unspecified atom stereocenters. The molecule has 0 radical (unpaired) electrons. The Bertz CT molecular complexity index is 869. The molecule has 1 aliphatic heterocycles. The molecule has 0 spiro atoms. The van der Waals surface area contributed by atoms with Gasteiger partial charge in [-0.15, -0.1) is 0 Å². The summed E-state index contributed by atoms with van der Waals surface area (Å²) in [5.74, 6) is 1.02. The van der Waals surface area contributed by atoms with Crippen LogP contribution in [-0.2, 0) is 16.8 Å². The van der Waals surface area contributed by atoms with Gasteiger partial charge < -0.3 is 14.7 Å². The average molecular weight is 354 g/mol. The second-order valence-electron chi connectivity index (χ2n) is 7.02. The van der Waals surface area contributed by atoms with Crippen molar-refractivity contribution in [2.24, 2.45) is 0 Å². The molecule has 7 heteroatoms. The van der Waals surface area contributed by atoms with E-state index in [0.717, 1.165) is 36.9 Å². The molecule has 1 aliphatic carbocycles. The third-order valence-electron chi connectivity index (χ3n) is 5.36. The van der Waals surface area contributed by atoms with Gasteiger partial charge in [-0.1, -0.05) is 12.1 Å². The normalized spacial score (nSPS) is 17.5. The highest BCUT2D eigenvalue weighted by atomic mass is 16.5. The summed E-state index contributed by atoms with van der Waals surface area (Å²) in [7, 11) is 0. The van der Waals surface area contributed by atoms with E-state index in [1.165, 1.54) is 0 Å². The van der Waals surface area contributed by atoms with E-state index in [1.54, 1.807) is 17.9 Å². The number of nitrogens with zero attached hydrogens (tertiary/aromatic N) is 3. The van der Waals surface area contributed by atoms with Crippen molar-refractivity contribution in [1.29, 1.82) is 0 Å². The molecule has 1 saturated carbocycles. The van der Waals surface area contributed by atoms with Gasteiger partial charge >= 0.3 is 0 Å². The quantitative estimate of drug-likeness (QED) is 0.911. The number of carbonyl (C=O) groups excluding carboxylic acids is 2. The first-order valence-electron chi connectivity index (χ1n) is 9.09. The number of benzene rings is 1. The number of rotatable bonds is 4. The topological polar surface area (TPSA) is 88.3 Å². The van der Waals surface area contributed by atoms with Crippen LogP contribution < -0.4 is 10.2 Å². The fourth-order valence-electron chi connectivity index (χ4n) is 3.71. The third kappa shape index (κ3) is 2.67. The van der Waals surface area contributed by atoms with Gasteiger partial charge in [0.1, 0.15) is 5.54 Å². The molecule has 2 aromatic rings. The monoisotopic (exact) mass is 354 g/mol. The highest BCUT2D eigenvalue weighted by molar-refractivity contribution is 5.98. The molecule has 2 aliphatic rings. The van der Waals surface area contributed by atoms with Crippen LogP contribution in [0.1, 0.15) is 60.2 Å². The maximum atomic E-state index is 12.8. The minimum atomic E-state index is -0.530. The van der Waals surface area contributed by atoms with Crippen molar-refractivity contribution < 1.29 is 14.1 Å². The molecule has 1 fully saturated rings. The van der Waals surface area contributed by atoms with Crippen molar-refractivity contribution in [3.8, 4) is 0 Å². The lowest BCUT2D eigenvalue weighted by molar-refractivity contribution is -0.118. The molecule has 7 nitrogen and oxygen atoms in total. The van der Waals surface area contributed by atoms with E-state index in [-0.39, 0.29) is 11.8 Å². The number of hydrogen-bond donors (Lipinski definition) is 1. The van der Waals surface area contributed by atoms with E-state index in [0.29, 0.717) is 30.2 Å². The second-order valence-corrected chi connectivity index (χ2v) is 7.02. The zero-order valence-corrected chi connectivity index (χ0v) is 15.0. The Morgan fingerprint density at radius 3 is 2.77 bits per heavy atom. The summed E-state index contributed by atoms with van der Waals surface area (Å²) in [5.41, 5.74) is 2.03. The van der Waals surface area contributed by atoms with Crippen LogP contribution in [0, 0.1) is 6.92 Å². The zero-order chi connectivity index (χ0) is 18.3. The fraction of sp³-hybridized carbons (Fsp3) is 0.474. The van der Waals surface area contributed by atoms with Crippen LogP contribution in [-0.4, -0.2) is 28.5 Å². The van der Waals surface area contributed by atoms with Crippen LogP contribution in [0.2, 0.25) is 0 Å². The van der Waals surface area contributed by atoms with Crippen LogP contribution in [0.15, 0.2) is 22.7 Å². The van der Waals surface area contributed by atoms with Crippen molar-refractivity contribution in [1.82, 2.24) is 15.5 Å². The molecule has 4 rings (SSSR count). The predicted octanol–water partition coefficient (Wildman–Crippen LogP) is 2.49. The largest absolute Gasteiger partial charge is 0.340 e. The molecule has 136 valence electrons. The summed E-state index contributed by atoms with van der Waals surface area (Å²) in [5, 5.41) is 7.12. The first kappa shape index (κ1) is 16.8. The van der Waals surface area contributed by atoms with Gasteiger partial charge in [-0.25, -0.2) is 0 Å². The number of hydrogen-bond acceptors (Lipinski definition) is 5. The molecule has 0 saturated heterocycles. The van der Waals surface area contributed by atoms with Crippen LogP contribution in [0.4, 0.5) is 5.69 Å². The van der Waals surface area contributed by atoms with Crippen LogP contribution >= 0.6 is 0 Å². The lowest BCUT2D eigenvalue weighted by atomic mass is 9.76. The maximum absolute atomic E-state index is 12.8. The average Bonchev–Trinajstić information content (AvgIpc) is 3.23. The molecule has 0 bridgehead atoms. The number of aromatic nitrogens is 2. The smallest absolute Gasteiger partial charge is 0.252 e. The zero-order valence-electron chi connectivity index (χ0n) is 15.0. The lowest BCUT2D eigenvalue weighted by Crippen LogP contribution is -2.51. The standard InChI is InChI=1S/C19H22N4O3/c1-3-16(24)23-10-7-13-11-14(5-6-15(13)23)17(25)21-19(8-4-9-19)18-20-12(2)26-22-18/h5-6,11H,3-4,7-10H2,1-2H3,(H,21,25). The van der Waals surface area contributed by atoms with E-state index in [4.69, 9.17) is 4.52 Å². The Labute approximate surface area is 151 Å². The molecule has 1 aromatic carbocycles. The SMILES string of the molecule is CCC(=O)N1CCc2cc(C(=O)NC3(c4noc(C)n4)CCC3)ccc21. The predicted molar refractivity (Wildman–Crippen MR) is 94.8 cm³/mol. The molecule has 1 aromatic heterocycles. The number of fused-ring (bicyclic) bond motifs is 1. The number of amides is 2. The Hall–Kier alpha value is -2.70. The molecule has 2 heterocycles. The van der Waals surface area contributed by atoms with Crippen LogP contribution in [0.3, 0.4) is 0 Å². The Morgan fingerprint density at radius 1 is 1.35 bits per heavy atom. The summed E-state index contributed by atoms with van der Waals surface area (Å²) in [4.78, 5) is 30.9. The minimum absolute atomic E-state index is 0.113. The van der Waals surface area contributed by atoms with Gasteiger partial charge in [0.15, 0.2) is 5.82 Å². The summed E-state index contributed by atoms with van der Waals surface area (Å²) in [6, 6.07) is 5.54. The molecule has 2 amide bonds. The van der Waals surface area contributed by atoms with Crippen molar-refractivity contribution >= 4 is 17.5 Å². The van der Waals surface area contributed by atoms with Crippen molar-refractivity contribution in [2.75, 3.05) is 11.4 Å². The highest BCUT2D eigenvalue weighted by Gasteiger charge is 2.44. The summed E-state index contributed by atoms with van der Waals surface area (Å²) in [6.07, 6.45) is 3.89. The summed E-state index contributed by atoms with van der Waals surface area (Å²) in [6.45, 7) is 4.29. The molecule has 0 atom stereocenters. The Balaban J connectivity index is 1.55. The maximum Gasteiger partial charge on any atom is 0.252 e. The highest BCUT2D eigenvalue weighted by Crippen LogP contribution is 2.40. The van der Waals surface area contributed by atoms with Crippen LogP contribution in [0.5, 0.6) is 0 Å². The van der Waals surface area contributed by atoms with E-state index in [1.807, 2.05) is 19.1 Å². The fourth-order valence-corrected chi connectivity index (χ4v) is 3.71. The Kier molecular flexibility index (Phi) is 4.01. The van der Waals surface area contributed by atoms with Gasteiger partial charge in [-0.2, -0.15) is 4.98 Å². The lowest BCUT2D eigenvalue weighted by Gasteiger charge is -2.39.